The molecule has 0 aliphatic heterocycles. The van der Waals surface area contributed by atoms with E-state index in [9.17, 15) is 27.6 Å². The summed E-state index contributed by atoms with van der Waals surface area (Å²) in [5.41, 5.74) is 0.429. The van der Waals surface area contributed by atoms with Crippen molar-refractivity contribution in [3.8, 4) is 0 Å². The minimum absolute atomic E-state index is 0.0847. The van der Waals surface area contributed by atoms with Crippen molar-refractivity contribution < 1.29 is 32.3 Å². The number of ether oxygens (including phenoxy) is 1. The molecule has 0 saturated heterocycles. The molecule has 0 bridgehead atoms. The first-order chi connectivity index (χ1) is 13.9. The maximum absolute atomic E-state index is 12.7. The summed E-state index contributed by atoms with van der Waals surface area (Å²) >= 11 is 0. The van der Waals surface area contributed by atoms with E-state index in [4.69, 9.17) is 4.74 Å². The fourth-order valence-electron chi connectivity index (χ4n) is 2.58. The second-order valence-electron chi connectivity index (χ2n) is 7.74. The SMILES string of the molecule is CC(C)(C)c1ccc(C(=O)NC(=O)COC(=O)Cc2cccc(C(F)(F)F)c2)cc1. The Labute approximate surface area is 172 Å². The van der Waals surface area contributed by atoms with Gasteiger partial charge in [0.1, 0.15) is 0 Å². The number of carbonyl (C=O) groups excluding carboxylic acids is 3. The summed E-state index contributed by atoms with van der Waals surface area (Å²) in [5.74, 6) is -2.36. The fourth-order valence-corrected chi connectivity index (χ4v) is 2.58. The zero-order valence-electron chi connectivity index (χ0n) is 16.8. The summed E-state index contributed by atoms with van der Waals surface area (Å²) < 4.78 is 42.8. The molecule has 0 aliphatic carbocycles. The molecule has 0 radical (unpaired) electrons. The first-order valence-corrected chi connectivity index (χ1v) is 9.13. The van der Waals surface area contributed by atoms with Crippen LogP contribution in [0.15, 0.2) is 48.5 Å². The maximum Gasteiger partial charge on any atom is 0.416 e. The Morgan fingerprint density at radius 3 is 2.13 bits per heavy atom. The van der Waals surface area contributed by atoms with Gasteiger partial charge in [-0.1, -0.05) is 51.1 Å². The quantitative estimate of drug-likeness (QED) is 0.740. The third kappa shape index (κ3) is 6.72. The van der Waals surface area contributed by atoms with Crippen molar-refractivity contribution in [1.29, 1.82) is 0 Å². The van der Waals surface area contributed by atoms with Gasteiger partial charge in [0.05, 0.1) is 12.0 Å². The average molecular weight is 421 g/mol. The van der Waals surface area contributed by atoms with Crippen molar-refractivity contribution in [2.75, 3.05) is 6.61 Å². The number of carbonyl (C=O) groups is 3. The Bertz CT molecular complexity index is 929. The van der Waals surface area contributed by atoms with Crippen LogP contribution in [0.3, 0.4) is 0 Å². The molecule has 1 N–H and O–H groups in total. The summed E-state index contributed by atoms with van der Waals surface area (Å²) in [5, 5.41) is 2.10. The van der Waals surface area contributed by atoms with Crippen LogP contribution in [-0.2, 0) is 32.3 Å². The van der Waals surface area contributed by atoms with E-state index in [1.165, 1.54) is 12.1 Å². The fraction of sp³-hybridized carbons (Fsp3) is 0.318. The maximum atomic E-state index is 12.7. The molecule has 2 amide bonds. The lowest BCUT2D eigenvalue weighted by Gasteiger charge is -2.19. The first-order valence-electron chi connectivity index (χ1n) is 9.13. The zero-order chi connectivity index (χ0) is 22.5. The second-order valence-corrected chi connectivity index (χ2v) is 7.74. The second kappa shape index (κ2) is 9.11. The highest BCUT2D eigenvalue weighted by Gasteiger charge is 2.30. The van der Waals surface area contributed by atoms with Gasteiger partial charge in [-0.25, -0.2) is 0 Å². The van der Waals surface area contributed by atoms with Crippen LogP contribution < -0.4 is 5.32 Å². The largest absolute Gasteiger partial charge is 0.455 e. The van der Waals surface area contributed by atoms with Gasteiger partial charge in [-0.3, -0.25) is 19.7 Å². The molecule has 2 aromatic rings. The molecule has 160 valence electrons. The predicted octanol–water partition coefficient (Wildman–Crippen LogP) is 4.05. The van der Waals surface area contributed by atoms with Crippen LogP contribution in [0.5, 0.6) is 0 Å². The monoisotopic (exact) mass is 421 g/mol. The number of esters is 1. The number of alkyl halides is 3. The van der Waals surface area contributed by atoms with Gasteiger partial charge in [-0.05, 0) is 34.7 Å². The molecule has 0 fully saturated rings. The van der Waals surface area contributed by atoms with E-state index in [-0.39, 0.29) is 16.5 Å². The van der Waals surface area contributed by atoms with Gasteiger partial charge in [0, 0.05) is 5.56 Å². The molecule has 5 nitrogen and oxygen atoms in total. The number of benzene rings is 2. The molecule has 0 spiro atoms. The van der Waals surface area contributed by atoms with Gasteiger partial charge in [-0.15, -0.1) is 0 Å². The van der Waals surface area contributed by atoms with Crippen molar-refractivity contribution in [2.24, 2.45) is 0 Å². The number of imide groups is 1. The third-order valence-electron chi connectivity index (χ3n) is 4.23. The van der Waals surface area contributed by atoms with E-state index < -0.39 is 42.6 Å². The standard InChI is InChI=1S/C22H22F3NO4/c1-21(2,3)16-9-7-15(8-10-16)20(29)26-18(27)13-30-19(28)12-14-5-4-6-17(11-14)22(23,24)25/h4-11H,12-13H2,1-3H3,(H,26,27,29). The van der Waals surface area contributed by atoms with Gasteiger partial charge in [-0.2, -0.15) is 13.2 Å². The van der Waals surface area contributed by atoms with Gasteiger partial charge in [0.25, 0.3) is 11.8 Å². The predicted molar refractivity (Wildman–Crippen MR) is 104 cm³/mol. The lowest BCUT2D eigenvalue weighted by molar-refractivity contribution is -0.147. The Hall–Kier alpha value is -3.16. The molecule has 2 aromatic carbocycles. The Balaban J connectivity index is 1.85. The van der Waals surface area contributed by atoms with E-state index in [2.05, 4.69) is 5.32 Å². The van der Waals surface area contributed by atoms with Gasteiger partial charge in [0.2, 0.25) is 0 Å². The van der Waals surface area contributed by atoms with Crippen LogP contribution in [0.25, 0.3) is 0 Å². The van der Waals surface area contributed by atoms with Crippen molar-refractivity contribution in [3.63, 3.8) is 0 Å². The van der Waals surface area contributed by atoms with Crippen LogP contribution in [0.1, 0.15) is 47.8 Å². The summed E-state index contributed by atoms with van der Waals surface area (Å²) in [6.07, 6.45) is -4.95. The van der Waals surface area contributed by atoms with E-state index in [0.717, 1.165) is 17.7 Å². The highest BCUT2D eigenvalue weighted by molar-refractivity contribution is 6.05. The summed E-state index contributed by atoms with van der Waals surface area (Å²) in [4.78, 5) is 35.7. The molecule has 30 heavy (non-hydrogen) atoms. The molecule has 0 aromatic heterocycles. The minimum atomic E-state index is -4.52. The summed E-state index contributed by atoms with van der Waals surface area (Å²) in [6, 6.07) is 11.0. The van der Waals surface area contributed by atoms with Crippen LogP contribution in [0, 0.1) is 0 Å². The molecule has 8 heteroatoms. The number of nitrogens with one attached hydrogen (secondary N) is 1. The molecular formula is C22H22F3NO4. The minimum Gasteiger partial charge on any atom is -0.455 e. The lowest BCUT2D eigenvalue weighted by atomic mass is 9.87. The lowest BCUT2D eigenvalue weighted by Crippen LogP contribution is -2.34. The molecular weight excluding hydrogens is 399 g/mol. The third-order valence-corrected chi connectivity index (χ3v) is 4.23. The van der Waals surface area contributed by atoms with E-state index in [0.29, 0.717) is 0 Å². The number of hydrogen-bond donors (Lipinski definition) is 1. The van der Waals surface area contributed by atoms with Gasteiger partial charge in [0.15, 0.2) is 6.61 Å². The topological polar surface area (TPSA) is 72.5 Å². The Kier molecular flexibility index (Phi) is 7.02. The van der Waals surface area contributed by atoms with Crippen LogP contribution >= 0.6 is 0 Å². The number of hydrogen-bond acceptors (Lipinski definition) is 4. The Morgan fingerprint density at radius 1 is 0.933 bits per heavy atom. The van der Waals surface area contributed by atoms with Gasteiger partial charge < -0.3 is 4.74 Å². The van der Waals surface area contributed by atoms with E-state index in [1.807, 2.05) is 20.8 Å². The zero-order valence-corrected chi connectivity index (χ0v) is 16.8. The Morgan fingerprint density at radius 2 is 1.57 bits per heavy atom. The van der Waals surface area contributed by atoms with Crippen LogP contribution in [0.2, 0.25) is 0 Å². The number of halogens is 3. The number of amides is 2. The molecule has 0 atom stereocenters. The van der Waals surface area contributed by atoms with Crippen molar-refractivity contribution in [1.82, 2.24) is 5.32 Å². The average Bonchev–Trinajstić information content (AvgIpc) is 2.65. The molecule has 0 unspecified atom stereocenters. The molecule has 0 heterocycles. The number of rotatable bonds is 5. The van der Waals surface area contributed by atoms with Crippen LogP contribution in [-0.4, -0.2) is 24.4 Å². The molecule has 2 rings (SSSR count). The molecule has 0 saturated carbocycles. The van der Waals surface area contributed by atoms with E-state index in [1.54, 1.807) is 24.3 Å². The summed E-state index contributed by atoms with van der Waals surface area (Å²) in [6.45, 7) is 5.36. The first kappa shape index (κ1) is 23.1. The molecule has 0 aliphatic rings. The van der Waals surface area contributed by atoms with Gasteiger partial charge >= 0.3 is 12.1 Å². The van der Waals surface area contributed by atoms with Crippen LogP contribution in [0.4, 0.5) is 13.2 Å². The summed E-state index contributed by atoms with van der Waals surface area (Å²) in [7, 11) is 0. The normalized spacial score (nSPS) is 11.7. The van der Waals surface area contributed by atoms with Crippen molar-refractivity contribution in [2.45, 2.75) is 38.8 Å². The highest BCUT2D eigenvalue weighted by Crippen LogP contribution is 2.29. The van der Waals surface area contributed by atoms with Crippen molar-refractivity contribution >= 4 is 17.8 Å². The highest BCUT2D eigenvalue weighted by atomic mass is 19.4. The van der Waals surface area contributed by atoms with Crippen molar-refractivity contribution in [3.05, 3.63) is 70.8 Å². The smallest absolute Gasteiger partial charge is 0.416 e. The van der Waals surface area contributed by atoms with E-state index >= 15 is 0 Å².